The van der Waals surface area contributed by atoms with Crippen molar-refractivity contribution in [3.63, 3.8) is 0 Å². The second-order valence-corrected chi connectivity index (χ2v) is 6.51. The molecule has 2 aromatic rings. The highest BCUT2D eigenvalue weighted by Crippen LogP contribution is 2.32. The van der Waals surface area contributed by atoms with E-state index in [0.29, 0.717) is 10.0 Å². The first-order valence-corrected chi connectivity index (χ1v) is 7.64. The first kappa shape index (κ1) is 14.8. The normalized spacial score (nSPS) is 12.7. The number of benzene rings is 1. The van der Waals surface area contributed by atoms with Crippen LogP contribution in [0.3, 0.4) is 0 Å². The molecule has 1 heterocycles. The Balaban J connectivity index is 2.27. The summed E-state index contributed by atoms with van der Waals surface area (Å²) in [6, 6.07) is 5.85. The first-order valence-electron chi connectivity index (χ1n) is 6.07. The second-order valence-electron chi connectivity index (χ2n) is 4.44. The fourth-order valence-electron chi connectivity index (χ4n) is 1.96. The number of likely N-dealkylation sites (N-methyl/N-ethyl adjacent to an activating group) is 1. The lowest BCUT2D eigenvalue weighted by atomic mass is 10.0. The molecule has 102 valence electrons. The molecule has 19 heavy (non-hydrogen) atoms. The van der Waals surface area contributed by atoms with Gasteiger partial charge in [-0.15, -0.1) is 11.3 Å². The molecule has 0 aliphatic heterocycles. The van der Waals surface area contributed by atoms with Crippen LogP contribution in [0.4, 0.5) is 0 Å². The van der Waals surface area contributed by atoms with Crippen molar-refractivity contribution < 1.29 is 0 Å². The second kappa shape index (κ2) is 6.23. The van der Waals surface area contributed by atoms with Gasteiger partial charge in [-0.3, -0.25) is 0 Å². The molecule has 2 rings (SSSR count). The molecule has 0 saturated carbocycles. The number of nitrogens with one attached hydrogen (secondary N) is 1. The standard InChI is InChI=1S/C14H16Cl2N2S/c1-8-9(2)19-13(18-8)7-12(17-3)10-5-4-6-11(15)14(10)16/h4-6,12,17H,7H2,1-3H3. The van der Waals surface area contributed by atoms with Gasteiger partial charge >= 0.3 is 0 Å². The molecule has 0 amide bonds. The van der Waals surface area contributed by atoms with Gasteiger partial charge in [-0.25, -0.2) is 4.98 Å². The Labute approximate surface area is 127 Å². The van der Waals surface area contributed by atoms with Gasteiger partial charge in [0.25, 0.3) is 0 Å². The van der Waals surface area contributed by atoms with Gasteiger partial charge in [-0.1, -0.05) is 35.3 Å². The van der Waals surface area contributed by atoms with E-state index in [9.17, 15) is 0 Å². The monoisotopic (exact) mass is 314 g/mol. The van der Waals surface area contributed by atoms with Crippen LogP contribution in [-0.4, -0.2) is 12.0 Å². The van der Waals surface area contributed by atoms with E-state index >= 15 is 0 Å². The van der Waals surface area contributed by atoms with Crippen LogP contribution in [0.5, 0.6) is 0 Å². The van der Waals surface area contributed by atoms with E-state index < -0.39 is 0 Å². The third-order valence-corrected chi connectivity index (χ3v) is 5.09. The van der Waals surface area contributed by atoms with Crippen molar-refractivity contribution in [1.82, 2.24) is 10.3 Å². The Morgan fingerprint density at radius 3 is 2.63 bits per heavy atom. The van der Waals surface area contributed by atoms with Crippen molar-refractivity contribution in [2.75, 3.05) is 7.05 Å². The quantitative estimate of drug-likeness (QED) is 0.894. The Bertz CT molecular complexity index is 561. The third kappa shape index (κ3) is 3.29. The van der Waals surface area contributed by atoms with Gasteiger partial charge in [0.15, 0.2) is 0 Å². The molecule has 1 aromatic carbocycles. The van der Waals surface area contributed by atoms with E-state index in [1.807, 2.05) is 26.1 Å². The molecule has 0 spiro atoms. The van der Waals surface area contributed by atoms with E-state index in [0.717, 1.165) is 22.7 Å². The minimum Gasteiger partial charge on any atom is -0.313 e. The molecule has 1 unspecified atom stereocenters. The van der Waals surface area contributed by atoms with Crippen molar-refractivity contribution in [2.45, 2.75) is 26.3 Å². The zero-order valence-corrected chi connectivity index (χ0v) is 13.5. The summed E-state index contributed by atoms with van der Waals surface area (Å²) in [7, 11) is 1.93. The fraction of sp³-hybridized carbons (Fsp3) is 0.357. The van der Waals surface area contributed by atoms with Gasteiger partial charge in [0.05, 0.1) is 20.7 Å². The summed E-state index contributed by atoms with van der Waals surface area (Å²) in [4.78, 5) is 5.84. The topological polar surface area (TPSA) is 24.9 Å². The number of rotatable bonds is 4. The zero-order valence-electron chi connectivity index (χ0n) is 11.1. The Morgan fingerprint density at radius 2 is 2.05 bits per heavy atom. The van der Waals surface area contributed by atoms with Crippen molar-refractivity contribution in [1.29, 1.82) is 0 Å². The molecule has 0 aliphatic carbocycles. The molecule has 1 atom stereocenters. The molecule has 0 saturated heterocycles. The molecule has 5 heteroatoms. The lowest BCUT2D eigenvalue weighted by Crippen LogP contribution is -2.19. The van der Waals surface area contributed by atoms with Crippen LogP contribution in [0.2, 0.25) is 10.0 Å². The van der Waals surface area contributed by atoms with E-state index in [2.05, 4.69) is 17.2 Å². The van der Waals surface area contributed by atoms with Gasteiger partial charge < -0.3 is 5.32 Å². The third-order valence-electron chi connectivity index (χ3n) is 3.16. The maximum absolute atomic E-state index is 6.28. The molecule has 1 N–H and O–H groups in total. The maximum atomic E-state index is 6.28. The summed E-state index contributed by atoms with van der Waals surface area (Å²) >= 11 is 14.1. The van der Waals surface area contributed by atoms with Gasteiger partial charge in [0.2, 0.25) is 0 Å². The van der Waals surface area contributed by atoms with Crippen LogP contribution in [0.25, 0.3) is 0 Å². The molecule has 0 bridgehead atoms. The Hall–Kier alpha value is -0.610. The fourth-order valence-corrected chi connectivity index (χ4v) is 3.38. The van der Waals surface area contributed by atoms with Crippen LogP contribution in [0, 0.1) is 13.8 Å². The lowest BCUT2D eigenvalue weighted by Gasteiger charge is -2.17. The summed E-state index contributed by atoms with van der Waals surface area (Å²) in [5, 5.41) is 5.61. The highest BCUT2D eigenvalue weighted by atomic mass is 35.5. The molecule has 1 aromatic heterocycles. The highest BCUT2D eigenvalue weighted by Gasteiger charge is 2.17. The van der Waals surface area contributed by atoms with Crippen LogP contribution in [-0.2, 0) is 6.42 Å². The first-order chi connectivity index (χ1) is 9.02. The molecule has 2 nitrogen and oxygen atoms in total. The van der Waals surface area contributed by atoms with Gasteiger partial charge in [0, 0.05) is 17.3 Å². The number of aryl methyl sites for hydroxylation is 2. The molecular formula is C14H16Cl2N2S. The zero-order chi connectivity index (χ0) is 14.0. The number of nitrogens with zero attached hydrogens (tertiary/aromatic N) is 1. The highest BCUT2D eigenvalue weighted by molar-refractivity contribution is 7.11. The van der Waals surface area contributed by atoms with Crippen molar-refractivity contribution >= 4 is 34.5 Å². The number of hydrogen-bond acceptors (Lipinski definition) is 3. The summed E-state index contributed by atoms with van der Waals surface area (Å²) in [5.41, 5.74) is 2.12. The SMILES string of the molecule is CNC(Cc1nc(C)c(C)s1)c1cccc(Cl)c1Cl. The molecular weight excluding hydrogens is 299 g/mol. The van der Waals surface area contributed by atoms with Crippen LogP contribution in [0.15, 0.2) is 18.2 Å². The predicted molar refractivity (Wildman–Crippen MR) is 83.6 cm³/mol. The molecule has 0 aliphatic rings. The number of thiazole rings is 1. The van der Waals surface area contributed by atoms with Crippen molar-refractivity contribution in [3.8, 4) is 0 Å². The van der Waals surface area contributed by atoms with Crippen LogP contribution < -0.4 is 5.32 Å². The average Bonchev–Trinajstić information content (AvgIpc) is 2.69. The number of halogens is 2. The number of hydrogen-bond donors (Lipinski definition) is 1. The van der Waals surface area contributed by atoms with Gasteiger partial charge in [-0.05, 0) is 32.5 Å². The van der Waals surface area contributed by atoms with E-state index in [-0.39, 0.29) is 6.04 Å². The van der Waals surface area contributed by atoms with Gasteiger partial charge in [0.1, 0.15) is 0 Å². The van der Waals surface area contributed by atoms with Crippen molar-refractivity contribution in [2.24, 2.45) is 0 Å². The van der Waals surface area contributed by atoms with E-state index in [1.165, 1.54) is 4.88 Å². The lowest BCUT2D eigenvalue weighted by molar-refractivity contribution is 0.590. The molecule has 0 fully saturated rings. The van der Waals surface area contributed by atoms with Crippen molar-refractivity contribution in [3.05, 3.63) is 49.4 Å². The summed E-state index contributed by atoms with van der Waals surface area (Å²) in [6.07, 6.45) is 0.815. The smallest absolute Gasteiger partial charge is 0.0949 e. The largest absolute Gasteiger partial charge is 0.313 e. The minimum atomic E-state index is 0.121. The number of aromatic nitrogens is 1. The average molecular weight is 315 g/mol. The summed E-state index contributed by atoms with van der Waals surface area (Å²) in [5.74, 6) is 0. The maximum Gasteiger partial charge on any atom is 0.0949 e. The van der Waals surface area contributed by atoms with Gasteiger partial charge in [-0.2, -0.15) is 0 Å². The summed E-state index contributed by atoms with van der Waals surface area (Å²) < 4.78 is 0. The minimum absolute atomic E-state index is 0.121. The predicted octanol–water partition coefficient (Wildman–Crippen LogP) is 4.57. The summed E-state index contributed by atoms with van der Waals surface area (Å²) in [6.45, 7) is 4.13. The molecule has 0 radical (unpaired) electrons. The Morgan fingerprint density at radius 1 is 1.32 bits per heavy atom. The van der Waals surface area contributed by atoms with E-state index in [4.69, 9.17) is 23.2 Å². The van der Waals surface area contributed by atoms with E-state index in [1.54, 1.807) is 17.4 Å². The van der Waals surface area contributed by atoms with Crippen LogP contribution in [0.1, 0.15) is 27.2 Å². The van der Waals surface area contributed by atoms with Crippen LogP contribution >= 0.6 is 34.5 Å². The Kier molecular flexibility index (Phi) is 4.85.